The number of nitrogens with two attached hydrogens (primary N) is 1. The predicted molar refractivity (Wildman–Crippen MR) is 110 cm³/mol. The van der Waals surface area contributed by atoms with Gasteiger partial charge in [0.2, 0.25) is 5.91 Å². The minimum absolute atomic E-state index is 0.00609. The van der Waals surface area contributed by atoms with E-state index in [1.54, 1.807) is 6.07 Å². The van der Waals surface area contributed by atoms with Crippen LogP contribution in [0.1, 0.15) is 42.6 Å². The zero-order valence-corrected chi connectivity index (χ0v) is 17.4. The van der Waals surface area contributed by atoms with Crippen LogP contribution in [0, 0.1) is 18.8 Å². The van der Waals surface area contributed by atoms with E-state index in [9.17, 15) is 9.59 Å². The van der Waals surface area contributed by atoms with E-state index in [0.29, 0.717) is 23.7 Å². The van der Waals surface area contributed by atoms with Crippen molar-refractivity contribution in [2.45, 2.75) is 39.7 Å². The molecule has 0 saturated carbocycles. The summed E-state index contributed by atoms with van der Waals surface area (Å²) >= 11 is 6.26. The van der Waals surface area contributed by atoms with Gasteiger partial charge in [-0.25, -0.2) is 0 Å². The SMILES string of the molecule is Cc1c(C(=O)NCC2C(=O)NC(C)CC2C)cc(Cl)cc1N(C)CCCN. The largest absolute Gasteiger partial charge is 0.374 e. The third kappa shape index (κ3) is 5.36. The summed E-state index contributed by atoms with van der Waals surface area (Å²) in [4.78, 5) is 27.1. The van der Waals surface area contributed by atoms with Gasteiger partial charge in [-0.2, -0.15) is 0 Å². The lowest BCUT2D eigenvalue weighted by Crippen LogP contribution is -2.50. The Morgan fingerprint density at radius 2 is 2.11 bits per heavy atom. The summed E-state index contributed by atoms with van der Waals surface area (Å²) < 4.78 is 0. The molecule has 1 aliphatic rings. The van der Waals surface area contributed by atoms with Crippen LogP contribution < -0.4 is 21.3 Å². The second-order valence-electron chi connectivity index (χ2n) is 7.60. The smallest absolute Gasteiger partial charge is 0.251 e. The molecule has 6 nitrogen and oxygen atoms in total. The highest BCUT2D eigenvalue weighted by molar-refractivity contribution is 6.31. The van der Waals surface area contributed by atoms with Crippen molar-refractivity contribution in [1.82, 2.24) is 10.6 Å². The summed E-state index contributed by atoms with van der Waals surface area (Å²) in [6.45, 7) is 7.69. The summed E-state index contributed by atoms with van der Waals surface area (Å²) in [5.74, 6) is -0.183. The van der Waals surface area contributed by atoms with Gasteiger partial charge in [0.15, 0.2) is 0 Å². The second kappa shape index (κ2) is 9.42. The number of carbonyl (C=O) groups is 2. The van der Waals surface area contributed by atoms with E-state index in [4.69, 9.17) is 17.3 Å². The normalized spacial score (nSPS) is 22.3. The van der Waals surface area contributed by atoms with Gasteiger partial charge in [0, 0.05) is 42.5 Å². The average molecular weight is 395 g/mol. The molecule has 7 heteroatoms. The van der Waals surface area contributed by atoms with Gasteiger partial charge in [-0.05, 0) is 56.8 Å². The first-order valence-electron chi connectivity index (χ1n) is 9.54. The van der Waals surface area contributed by atoms with E-state index in [1.807, 2.05) is 27.0 Å². The first kappa shape index (κ1) is 21.5. The summed E-state index contributed by atoms with van der Waals surface area (Å²) in [7, 11) is 1.96. The van der Waals surface area contributed by atoms with Gasteiger partial charge < -0.3 is 21.3 Å². The van der Waals surface area contributed by atoms with Crippen LogP contribution in [0.4, 0.5) is 5.69 Å². The number of anilines is 1. The number of benzene rings is 1. The van der Waals surface area contributed by atoms with Crippen LogP contribution in [0.3, 0.4) is 0 Å². The highest BCUT2D eigenvalue weighted by Crippen LogP contribution is 2.28. The van der Waals surface area contributed by atoms with Crippen molar-refractivity contribution in [2.24, 2.45) is 17.6 Å². The molecular weight excluding hydrogens is 364 g/mol. The first-order chi connectivity index (χ1) is 12.7. The van der Waals surface area contributed by atoms with Crippen LogP contribution in [0.15, 0.2) is 12.1 Å². The number of piperidine rings is 1. The summed E-state index contributed by atoms with van der Waals surface area (Å²) in [5, 5.41) is 6.40. The molecule has 1 saturated heterocycles. The van der Waals surface area contributed by atoms with Gasteiger partial charge >= 0.3 is 0 Å². The van der Waals surface area contributed by atoms with Gasteiger partial charge in [-0.3, -0.25) is 9.59 Å². The van der Waals surface area contributed by atoms with Crippen LogP contribution in [0.25, 0.3) is 0 Å². The molecule has 2 rings (SSSR count). The van der Waals surface area contributed by atoms with Crippen LogP contribution in [-0.2, 0) is 4.79 Å². The number of carbonyl (C=O) groups excluding carboxylic acids is 2. The van der Waals surface area contributed by atoms with E-state index < -0.39 is 0 Å². The number of amides is 2. The lowest BCUT2D eigenvalue weighted by Gasteiger charge is -2.32. The lowest BCUT2D eigenvalue weighted by molar-refractivity contribution is -0.129. The minimum atomic E-state index is -0.212. The van der Waals surface area contributed by atoms with Crippen molar-refractivity contribution in [3.63, 3.8) is 0 Å². The number of hydrogen-bond donors (Lipinski definition) is 3. The van der Waals surface area contributed by atoms with Crippen molar-refractivity contribution >= 4 is 29.1 Å². The standard InChI is InChI=1S/C20H31ClN4O2/c1-12-8-13(2)24-20(27)17(12)11-23-19(26)16-9-15(21)10-18(14(16)3)25(4)7-5-6-22/h9-10,12-13,17H,5-8,11,22H2,1-4H3,(H,23,26)(H,24,27). The maximum atomic E-state index is 12.8. The molecule has 150 valence electrons. The van der Waals surface area contributed by atoms with Gasteiger partial charge in [-0.15, -0.1) is 0 Å². The summed E-state index contributed by atoms with van der Waals surface area (Å²) in [6, 6.07) is 3.72. The number of nitrogens with one attached hydrogen (secondary N) is 2. The fraction of sp³-hybridized carbons (Fsp3) is 0.600. The summed E-state index contributed by atoms with van der Waals surface area (Å²) in [6.07, 6.45) is 1.77. The van der Waals surface area contributed by atoms with Crippen molar-refractivity contribution in [3.05, 3.63) is 28.3 Å². The Kier molecular flexibility index (Phi) is 7.50. The number of hydrogen-bond acceptors (Lipinski definition) is 4. The second-order valence-corrected chi connectivity index (χ2v) is 8.04. The third-order valence-corrected chi connectivity index (χ3v) is 5.54. The maximum absolute atomic E-state index is 12.8. The van der Waals surface area contributed by atoms with Crippen LogP contribution in [0.2, 0.25) is 5.02 Å². The number of nitrogens with zero attached hydrogens (tertiary/aromatic N) is 1. The average Bonchev–Trinajstić information content (AvgIpc) is 2.60. The van der Waals surface area contributed by atoms with Crippen LogP contribution in [0.5, 0.6) is 0 Å². The first-order valence-corrected chi connectivity index (χ1v) is 9.92. The Bertz CT molecular complexity index is 695. The van der Waals surface area contributed by atoms with Crippen molar-refractivity contribution in [1.29, 1.82) is 0 Å². The van der Waals surface area contributed by atoms with Gasteiger partial charge in [0.05, 0.1) is 5.92 Å². The Morgan fingerprint density at radius 1 is 1.41 bits per heavy atom. The molecule has 0 aliphatic carbocycles. The molecule has 27 heavy (non-hydrogen) atoms. The van der Waals surface area contributed by atoms with Crippen LogP contribution in [-0.4, -0.2) is 44.5 Å². The zero-order valence-electron chi connectivity index (χ0n) is 16.6. The van der Waals surface area contributed by atoms with Crippen LogP contribution >= 0.6 is 11.6 Å². The molecule has 1 aromatic carbocycles. The maximum Gasteiger partial charge on any atom is 0.251 e. The molecule has 1 aliphatic heterocycles. The van der Waals surface area contributed by atoms with Gasteiger partial charge in [-0.1, -0.05) is 18.5 Å². The van der Waals surface area contributed by atoms with Gasteiger partial charge in [0.25, 0.3) is 5.91 Å². The Balaban J connectivity index is 2.12. The minimum Gasteiger partial charge on any atom is -0.374 e. The van der Waals surface area contributed by atoms with E-state index in [1.165, 1.54) is 0 Å². The Morgan fingerprint density at radius 3 is 2.74 bits per heavy atom. The molecule has 3 unspecified atom stereocenters. The monoisotopic (exact) mass is 394 g/mol. The molecule has 3 atom stereocenters. The lowest BCUT2D eigenvalue weighted by atomic mass is 9.84. The highest BCUT2D eigenvalue weighted by Gasteiger charge is 2.32. The topological polar surface area (TPSA) is 87.5 Å². The molecule has 0 radical (unpaired) electrons. The molecule has 1 fully saturated rings. The van der Waals surface area contributed by atoms with Crippen molar-refractivity contribution < 1.29 is 9.59 Å². The number of halogens is 1. The molecule has 2 amide bonds. The van der Waals surface area contributed by atoms with Gasteiger partial charge in [0.1, 0.15) is 0 Å². The molecule has 1 aromatic rings. The molecule has 4 N–H and O–H groups in total. The third-order valence-electron chi connectivity index (χ3n) is 5.32. The van der Waals surface area contributed by atoms with Crippen molar-refractivity contribution in [3.8, 4) is 0 Å². The molecule has 1 heterocycles. The highest BCUT2D eigenvalue weighted by atomic mass is 35.5. The summed E-state index contributed by atoms with van der Waals surface area (Å²) in [5.41, 5.74) is 7.91. The fourth-order valence-electron chi connectivity index (χ4n) is 3.73. The molecule has 0 aromatic heterocycles. The van der Waals surface area contributed by atoms with Crippen molar-refractivity contribution in [2.75, 3.05) is 31.6 Å². The molecule has 0 bridgehead atoms. The molecule has 0 spiro atoms. The zero-order chi connectivity index (χ0) is 20.1. The van der Waals surface area contributed by atoms with E-state index in [2.05, 4.69) is 22.5 Å². The number of rotatable bonds is 7. The Labute approximate surface area is 166 Å². The molecular formula is C20H31ClN4O2. The predicted octanol–water partition coefficient (Wildman–Crippen LogP) is 2.32. The fourth-order valence-corrected chi connectivity index (χ4v) is 3.94. The quantitative estimate of drug-likeness (QED) is 0.662. The van der Waals surface area contributed by atoms with E-state index in [0.717, 1.165) is 30.6 Å². The van der Waals surface area contributed by atoms with E-state index >= 15 is 0 Å². The Hall–Kier alpha value is -1.79. The van der Waals surface area contributed by atoms with E-state index in [-0.39, 0.29) is 29.7 Å².